The first-order chi connectivity index (χ1) is 7.24. The molecule has 0 aliphatic rings. The first-order valence-corrected chi connectivity index (χ1v) is 5.48. The zero-order chi connectivity index (χ0) is 10.8. The van der Waals surface area contributed by atoms with Gasteiger partial charge < -0.3 is 10.1 Å². The number of H-pyrrole nitrogens is 1. The first kappa shape index (κ1) is 10.5. The molecule has 0 amide bonds. The molecule has 0 fully saturated rings. The lowest BCUT2D eigenvalue weighted by Gasteiger charge is -1.99. The van der Waals surface area contributed by atoms with E-state index in [1.165, 1.54) is 10.9 Å². The lowest BCUT2D eigenvalue weighted by Crippen LogP contribution is -1.90. The summed E-state index contributed by atoms with van der Waals surface area (Å²) in [5.74, 6) is 0. The molecular weight excluding hydrogens is 210 g/mol. The number of aliphatic hydroxyl groups excluding tert-OH is 1. The molecule has 15 heavy (non-hydrogen) atoms. The van der Waals surface area contributed by atoms with Crippen molar-refractivity contribution in [2.45, 2.75) is 19.8 Å². The Balaban J connectivity index is 2.53. The number of halogens is 1. The zero-order valence-electron chi connectivity index (χ0n) is 8.68. The topological polar surface area (TPSA) is 36.0 Å². The van der Waals surface area contributed by atoms with Gasteiger partial charge in [-0.3, -0.25) is 0 Å². The summed E-state index contributed by atoms with van der Waals surface area (Å²) in [4.78, 5) is 3.29. The van der Waals surface area contributed by atoms with E-state index in [9.17, 15) is 0 Å². The van der Waals surface area contributed by atoms with Gasteiger partial charge in [-0.25, -0.2) is 0 Å². The van der Waals surface area contributed by atoms with E-state index in [1.54, 1.807) is 0 Å². The fraction of sp³-hybridized carbons (Fsp3) is 0.333. The molecule has 1 aromatic heterocycles. The molecule has 0 saturated carbocycles. The highest BCUT2D eigenvalue weighted by atomic mass is 35.5. The summed E-state index contributed by atoms with van der Waals surface area (Å²) in [5, 5.41) is 10.8. The van der Waals surface area contributed by atoms with E-state index < -0.39 is 0 Å². The second-order valence-corrected chi connectivity index (χ2v) is 4.13. The summed E-state index contributed by atoms with van der Waals surface area (Å²) >= 11 is 6.10. The molecule has 0 unspecified atom stereocenters. The molecule has 0 aliphatic carbocycles. The van der Waals surface area contributed by atoms with Gasteiger partial charge in [0.05, 0.1) is 10.5 Å². The Morgan fingerprint density at radius 1 is 1.40 bits per heavy atom. The Morgan fingerprint density at radius 3 is 2.93 bits per heavy atom. The van der Waals surface area contributed by atoms with E-state index in [2.05, 4.69) is 11.1 Å². The minimum absolute atomic E-state index is 0.229. The van der Waals surface area contributed by atoms with Crippen LogP contribution in [0.3, 0.4) is 0 Å². The minimum atomic E-state index is 0.229. The smallest absolute Gasteiger partial charge is 0.0648 e. The largest absolute Gasteiger partial charge is 0.396 e. The van der Waals surface area contributed by atoms with Gasteiger partial charge in [-0.15, -0.1) is 0 Å². The van der Waals surface area contributed by atoms with E-state index in [-0.39, 0.29) is 6.61 Å². The molecule has 2 rings (SSSR count). The van der Waals surface area contributed by atoms with Crippen LogP contribution in [-0.2, 0) is 6.42 Å². The highest BCUT2D eigenvalue weighted by Gasteiger charge is 2.09. The molecule has 2 nitrogen and oxygen atoms in total. The number of benzene rings is 1. The second kappa shape index (κ2) is 4.25. The molecule has 0 saturated heterocycles. The maximum absolute atomic E-state index is 8.85. The second-order valence-electron chi connectivity index (χ2n) is 3.72. The third-order valence-corrected chi connectivity index (χ3v) is 3.00. The molecule has 2 aromatic rings. The van der Waals surface area contributed by atoms with Crippen LogP contribution >= 0.6 is 11.6 Å². The maximum Gasteiger partial charge on any atom is 0.0648 e. The van der Waals surface area contributed by atoms with Crippen LogP contribution in [0.5, 0.6) is 0 Å². The Hall–Kier alpha value is -0.990. The summed E-state index contributed by atoms with van der Waals surface area (Å²) in [6.45, 7) is 2.27. The van der Waals surface area contributed by atoms with Crippen molar-refractivity contribution >= 4 is 22.5 Å². The average molecular weight is 224 g/mol. The number of hydrogen-bond donors (Lipinski definition) is 2. The van der Waals surface area contributed by atoms with Crippen LogP contribution in [0.2, 0.25) is 5.02 Å². The Labute approximate surface area is 93.9 Å². The molecule has 80 valence electrons. The van der Waals surface area contributed by atoms with Crippen LogP contribution in [0, 0.1) is 6.92 Å². The predicted octanol–water partition coefficient (Wildman–Crippen LogP) is 3.05. The third kappa shape index (κ3) is 1.87. The lowest BCUT2D eigenvalue weighted by atomic mass is 10.1. The fourth-order valence-electron chi connectivity index (χ4n) is 1.95. The number of para-hydroxylation sites is 1. The third-order valence-electron chi connectivity index (χ3n) is 2.69. The van der Waals surface area contributed by atoms with Gasteiger partial charge in [-0.05, 0) is 31.4 Å². The number of aromatic amines is 1. The van der Waals surface area contributed by atoms with Gasteiger partial charge in [-0.2, -0.15) is 0 Å². The van der Waals surface area contributed by atoms with Crippen molar-refractivity contribution in [3.63, 3.8) is 0 Å². The highest BCUT2D eigenvalue weighted by Crippen LogP contribution is 2.28. The summed E-state index contributed by atoms with van der Waals surface area (Å²) in [6.07, 6.45) is 1.68. The Kier molecular flexibility index (Phi) is 2.98. The fourth-order valence-corrected chi connectivity index (χ4v) is 2.17. The standard InChI is InChI=1S/C12H14ClNO/c1-8-9(5-3-7-15)10-4-2-6-11(13)12(10)14-8/h2,4,6,14-15H,3,5,7H2,1H3. The molecule has 3 heteroatoms. The van der Waals surface area contributed by atoms with Crippen LogP contribution in [0.25, 0.3) is 10.9 Å². The van der Waals surface area contributed by atoms with Crippen molar-refractivity contribution in [1.29, 1.82) is 0 Å². The molecule has 0 bridgehead atoms. The molecule has 0 spiro atoms. The van der Waals surface area contributed by atoms with E-state index in [4.69, 9.17) is 16.7 Å². The van der Waals surface area contributed by atoms with E-state index in [0.717, 1.165) is 29.1 Å². The van der Waals surface area contributed by atoms with E-state index in [0.29, 0.717) is 0 Å². The maximum atomic E-state index is 8.85. The van der Waals surface area contributed by atoms with Gasteiger partial charge in [0.25, 0.3) is 0 Å². The van der Waals surface area contributed by atoms with Crippen LogP contribution < -0.4 is 0 Å². The van der Waals surface area contributed by atoms with Gasteiger partial charge in [0.1, 0.15) is 0 Å². The van der Waals surface area contributed by atoms with Crippen molar-refractivity contribution in [2.75, 3.05) is 6.61 Å². The van der Waals surface area contributed by atoms with Crippen LogP contribution in [-0.4, -0.2) is 16.7 Å². The number of rotatable bonds is 3. The molecule has 0 aliphatic heterocycles. The van der Waals surface area contributed by atoms with Gasteiger partial charge in [0.2, 0.25) is 0 Å². The Bertz CT molecular complexity index is 476. The van der Waals surface area contributed by atoms with Gasteiger partial charge in [-0.1, -0.05) is 23.7 Å². The number of aryl methyl sites for hydroxylation is 2. The number of nitrogens with one attached hydrogen (secondary N) is 1. The number of aromatic nitrogens is 1. The number of hydrogen-bond acceptors (Lipinski definition) is 1. The van der Waals surface area contributed by atoms with E-state index in [1.807, 2.05) is 19.1 Å². The van der Waals surface area contributed by atoms with Crippen LogP contribution in [0.15, 0.2) is 18.2 Å². The van der Waals surface area contributed by atoms with Gasteiger partial charge >= 0.3 is 0 Å². The van der Waals surface area contributed by atoms with Crippen molar-refractivity contribution in [3.05, 3.63) is 34.5 Å². The highest BCUT2D eigenvalue weighted by molar-refractivity contribution is 6.35. The summed E-state index contributed by atoms with van der Waals surface area (Å²) in [6, 6.07) is 5.91. The number of fused-ring (bicyclic) bond motifs is 1. The molecule has 0 atom stereocenters. The lowest BCUT2D eigenvalue weighted by molar-refractivity contribution is 0.288. The summed E-state index contributed by atoms with van der Waals surface area (Å²) in [5.41, 5.74) is 3.41. The Morgan fingerprint density at radius 2 is 2.20 bits per heavy atom. The molecule has 1 heterocycles. The SMILES string of the molecule is Cc1[nH]c2c(Cl)cccc2c1CCCO. The quantitative estimate of drug-likeness (QED) is 0.825. The molecule has 2 N–H and O–H groups in total. The summed E-state index contributed by atoms with van der Waals surface area (Å²) < 4.78 is 0. The first-order valence-electron chi connectivity index (χ1n) is 5.10. The predicted molar refractivity (Wildman–Crippen MR) is 63.5 cm³/mol. The van der Waals surface area contributed by atoms with Crippen molar-refractivity contribution in [1.82, 2.24) is 4.98 Å². The number of aliphatic hydroxyl groups is 1. The average Bonchev–Trinajstić information content (AvgIpc) is 2.54. The minimum Gasteiger partial charge on any atom is -0.396 e. The molecule has 1 aromatic carbocycles. The van der Waals surface area contributed by atoms with Crippen LogP contribution in [0.1, 0.15) is 17.7 Å². The monoisotopic (exact) mass is 223 g/mol. The summed E-state index contributed by atoms with van der Waals surface area (Å²) in [7, 11) is 0. The molecular formula is C12H14ClNO. The van der Waals surface area contributed by atoms with Gasteiger partial charge in [0, 0.05) is 17.7 Å². The van der Waals surface area contributed by atoms with Crippen molar-refractivity contribution in [3.8, 4) is 0 Å². The van der Waals surface area contributed by atoms with Crippen LogP contribution in [0.4, 0.5) is 0 Å². The molecule has 0 radical (unpaired) electrons. The van der Waals surface area contributed by atoms with E-state index >= 15 is 0 Å². The normalized spacial score (nSPS) is 11.1. The van der Waals surface area contributed by atoms with Gasteiger partial charge in [0.15, 0.2) is 0 Å². The zero-order valence-corrected chi connectivity index (χ0v) is 9.43. The van der Waals surface area contributed by atoms with Crippen molar-refractivity contribution in [2.24, 2.45) is 0 Å². The van der Waals surface area contributed by atoms with Crippen molar-refractivity contribution < 1.29 is 5.11 Å².